The number of nitrogens with zero attached hydrogens (tertiary/aromatic N) is 2. The van der Waals surface area contributed by atoms with E-state index in [0.29, 0.717) is 18.0 Å². The number of aliphatic hydroxyl groups is 1. The average molecular weight is 143 g/mol. The lowest BCUT2D eigenvalue weighted by molar-refractivity contribution is 0.178. The second-order valence-corrected chi connectivity index (χ2v) is 1.81. The normalized spacial score (nSPS) is 10.2. The Balaban J connectivity index is 2.70. The third-order valence-electron chi connectivity index (χ3n) is 1.13. The molecule has 2 N–H and O–H groups in total. The summed E-state index contributed by atoms with van der Waals surface area (Å²) in [6.45, 7) is 0.279. The molecule has 0 aliphatic carbocycles. The molecule has 0 saturated heterocycles. The van der Waals surface area contributed by atoms with Crippen LogP contribution in [0.1, 0.15) is 11.4 Å². The zero-order valence-electron chi connectivity index (χ0n) is 5.66. The first-order valence-corrected chi connectivity index (χ1v) is 2.86. The van der Waals surface area contributed by atoms with E-state index in [1.165, 1.54) is 0 Å². The molecule has 0 fully saturated rings. The monoisotopic (exact) mass is 143 g/mol. The van der Waals surface area contributed by atoms with Crippen LogP contribution in [0.5, 0.6) is 0 Å². The Morgan fingerprint density at radius 3 is 2.80 bits per heavy atom. The third-order valence-corrected chi connectivity index (χ3v) is 1.13. The first kappa shape index (κ1) is 7.17. The van der Waals surface area contributed by atoms with Crippen LogP contribution < -0.4 is 0 Å². The molecule has 5 heteroatoms. The minimum Gasteiger partial charge on any atom is -0.390 e. The highest BCUT2D eigenvalue weighted by Crippen LogP contribution is 2.00. The molecule has 0 saturated carbocycles. The van der Waals surface area contributed by atoms with Crippen LogP contribution in [0.4, 0.5) is 0 Å². The molecule has 0 aliphatic heterocycles. The molecule has 1 aromatic heterocycles. The van der Waals surface area contributed by atoms with Crippen molar-refractivity contribution in [1.29, 1.82) is 0 Å². The molecule has 1 heterocycles. The number of aliphatic hydroxyl groups excluding tert-OH is 1. The predicted molar refractivity (Wildman–Crippen MR) is 33.0 cm³/mol. The molecule has 0 amide bonds. The van der Waals surface area contributed by atoms with Crippen molar-refractivity contribution >= 4 is 0 Å². The molecule has 0 bridgehead atoms. The van der Waals surface area contributed by atoms with E-state index >= 15 is 0 Å². The molecular weight excluding hydrogens is 134 g/mol. The van der Waals surface area contributed by atoms with Gasteiger partial charge >= 0.3 is 0 Å². The molecule has 0 spiro atoms. The van der Waals surface area contributed by atoms with Crippen molar-refractivity contribution in [3.8, 4) is 0 Å². The molecule has 0 atom stereocenters. The quantitative estimate of drug-likeness (QED) is 0.595. The van der Waals surface area contributed by atoms with E-state index < -0.39 is 0 Å². The first-order valence-electron chi connectivity index (χ1n) is 2.86. The summed E-state index contributed by atoms with van der Waals surface area (Å²) in [6.07, 6.45) is 0. The molecule has 5 nitrogen and oxygen atoms in total. The van der Waals surface area contributed by atoms with E-state index in [9.17, 15) is 0 Å². The van der Waals surface area contributed by atoms with Gasteiger partial charge in [-0.1, -0.05) is 0 Å². The highest BCUT2D eigenvalue weighted by molar-refractivity contribution is 5.05. The second-order valence-electron chi connectivity index (χ2n) is 1.81. The van der Waals surface area contributed by atoms with Crippen LogP contribution in [0.2, 0.25) is 0 Å². The number of hydrogen-bond acceptors (Lipinski definition) is 4. The SMILES string of the molecule is COCc1n[nH]nc1CO. The number of rotatable bonds is 3. The van der Waals surface area contributed by atoms with E-state index in [2.05, 4.69) is 15.4 Å². The number of H-pyrrole nitrogens is 1. The molecule has 10 heavy (non-hydrogen) atoms. The Morgan fingerprint density at radius 1 is 1.50 bits per heavy atom. The molecule has 56 valence electrons. The van der Waals surface area contributed by atoms with Crippen molar-refractivity contribution in [3.63, 3.8) is 0 Å². The Morgan fingerprint density at radius 2 is 2.20 bits per heavy atom. The van der Waals surface area contributed by atoms with Crippen molar-refractivity contribution in [2.75, 3.05) is 7.11 Å². The molecule has 0 radical (unpaired) electrons. The first-order chi connectivity index (χ1) is 4.88. The van der Waals surface area contributed by atoms with E-state index in [1.54, 1.807) is 7.11 Å². The maximum Gasteiger partial charge on any atom is 0.114 e. The summed E-state index contributed by atoms with van der Waals surface area (Å²) < 4.78 is 4.80. The van der Waals surface area contributed by atoms with Crippen LogP contribution in [0.25, 0.3) is 0 Å². The minimum atomic E-state index is -0.102. The largest absolute Gasteiger partial charge is 0.390 e. The summed E-state index contributed by atoms with van der Waals surface area (Å²) >= 11 is 0. The number of hydrogen-bond donors (Lipinski definition) is 2. The van der Waals surface area contributed by atoms with Crippen molar-refractivity contribution in [2.45, 2.75) is 13.2 Å². The van der Waals surface area contributed by atoms with Crippen molar-refractivity contribution in [2.24, 2.45) is 0 Å². The lowest BCUT2D eigenvalue weighted by Gasteiger charge is -1.93. The van der Waals surface area contributed by atoms with Crippen LogP contribution in [0.15, 0.2) is 0 Å². The number of aromatic nitrogens is 3. The van der Waals surface area contributed by atoms with Crippen molar-refractivity contribution in [3.05, 3.63) is 11.4 Å². The number of methoxy groups -OCH3 is 1. The Labute approximate surface area is 58.0 Å². The maximum absolute atomic E-state index is 8.66. The topological polar surface area (TPSA) is 71.0 Å². The van der Waals surface area contributed by atoms with Gasteiger partial charge in [-0.15, -0.1) is 0 Å². The van der Waals surface area contributed by atoms with Gasteiger partial charge in [0.1, 0.15) is 11.4 Å². The Bertz CT molecular complexity index is 199. The molecule has 1 aromatic rings. The average Bonchev–Trinajstić information content (AvgIpc) is 2.36. The lowest BCUT2D eigenvalue weighted by atomic mass is 10.3. The summed E-state index contributed by atoms with van der Waals surface area (Å²) in [5.41, 5.74) is 1.20. The molecule has 0 unspecified atom stereocenters. The number of ether oxygens (including phenoxy) is 1. The van der Waals surface area contributed by atoms with Crippen LogP contribution >= 0.6 is 0 Å². The van der Waals surface area contributed by atoms with Crippen LogP contribution in [0.3, 0.4) is 0 Å². The number of aromatic amines is 1. The fourth-order valence-corrected chi connectivity index (χ4v) is 0.654. The van der Waals surface area contributed by atoms with E-state index in [1.807, 2.05) is 0 Å². The lowest BCUT2D eigenvalue weighted by Crippen LogP contribution is -1.94. The summed E-state index contributed by atoms with van der Waals surface area (Å²) in [5.74, 6) is 0. The molecule has 1 rings (SSSR count). The van der Waals surface area contributed by atoms with Gasteiger partial charge in [0, 0.05) is 7.11 Å². The summed E-state index contributed by atoms with van der Waals surface area (Å²) in [5, 5.41) is 18.5. The zero-order chi connectivity index (χ0) is 7.40. The van der Waals surface area contributed by atoms with Crippen LogP contribution in [-0.4, -0.2) is 27.6 Å². The van der Waals surface area contributed by atoms with Gasteiger partial charge < -0.3 is 9.84 Å². The molecule has 0 aromatic carbocycles. The minimum absolute atomic E-state index is 0.102. The van der Waals surface area contributed by atoms with Gasteiger partial charge in [0.15, 0.2) is 0 Å². The predicted octanol–water partition coefficient (Wildman–Crippen LogP) is -0.557. The third kappa shape index (κ3) is 1.31. The van der Waals surface area contributed by atoms with Gasteiger partial charge in [-0.25, -0.2) is 0 Å². The van der Waals surface area contributed by atoms with Crippen molar-refractivity contribution < 1.29 is 9.84 Å². The summed E-state index contributed by atoms with van der Waals surface area (Å²) in [4.78, 5) is 0. The van der Waals surface area contributed by atoms with E-state index in [-0.39, 0.29) is 6.61 Å². The van der Waals surface area contributed by atoms with Gasteiger partial charge in [0.25, 0.3) is 0 Å². The molecular formula is C5H9N3O2. The van der Waals surface area contributed by atoms with Gasteiger partial charge in [0.2, 0.25) is 0 Å². The Kier molecular flexibility index (Phi) is 2.35. The highest BCUT2D eigenvalue weighted by Gasteiger charge is 2.04. The Hall–Kier alpha value is -0.940. The fourth-order valence-electron chi connectivity index (χ4n) is 0.654. The second kappa shape index (κ2) is 3.28. The highest BCUT2D eigenvalue weighted by atomic mass is 16.5. The zero-order valence-corrected chi connectivity index (χ0v) is 5.66. The molecule has 0 aliphatic rings. The number of nitrogens with one attached hydrogen (secondary N) is 1. The van der Waals surface area contributed by atoms with E-state index in [4.69, 9.17) is 9.84 Å². The van der Waals surface area contributed by atoms with Crippen molar-refractivity contribution in [1.82, 2.24) is 15.4 Å². The van der Waals surface area contributed by atoms with Gasteiger partial charge in [0.05, 0.1) is 13.2 Å². The fraction of sp³-hybridized carbons (Fsp3) is 0.600. The van der Waals surface area contributed by atoms with E-state index in [0.717, 1.165) is 0 Å². The summed E-state index contributed by atoms with van der Waals surface area (Å²) in [7, 11) is 1.57. The standard InChI is InChI=1S/C5H9N3O2/c1-10-3-5-4(2-9)6-8-7-5/h9H,2-3H2,1H3,(H,6,7,8). The van der Waals surface area contributed by atoms with Gasteiger partial charge in [-0.05, 0) is 0 Å². The van der Waals surface area contributed by atoms with Gasteiger partial charge in [-0.3, -0.25) is 0 Å². The maximum atomic E-state index is 8.66. The smallest absolute Gasteiger partial charge is 0.114 e. The van der Waals surface area contributed by atoms with Crippen LogP contribution in [-0.2, 0) is 18.0 Å². The van der Waals surface area contributed by atoms with Crippen LogP contribution in [0, 0.1) is 0 Å². The van der Waals surface area contributed by atoms with Gasteiger partial charge in [-0.2, -0.15) is 15.4 Å². The summed E-state index contributed by atoms with van der Waals surface area (Å²) in [6, 6.07) is 0.